The second-order valence-corrected chi connectivity index (χ2v) is 7.97. The van der Waals surface area contributed by atoms with Crippen molar-refractivity contribution in [2.45, 2.75) is 39.9 Å². The molecule has 15 nitrogen and oxygen atoms in total. The molecular weight excluding hydrogens is 555 g/mol. The number of aromatic nitrogens is 4. The molecule has 0 N–H and O–H groups in total. The Balaban J connectivity index is 2.13. The van der Waals surface area contributed by atoms with Crippen molar-refractivity contribution in [2.75, 3.05) is 13.2 Å². The summed E-state index contributed by atoms with van der Waals surface area (Å²) in [4.78, 5) is 61.5. The van der Waals surface area contributed by atoms with E-state index in [1.54, 1.807) is 13.8 Å². The summed E-state index contributed by atoms with van der Waals surface area (Å²) in [6.45, 7) is 5.48. The molecule has 0 spiro atoms. The van der Waals surface area contributed by atoms with Crippen LogP contribution in [0.15, 0.2) is 0 Å². The highest BCUT2D eigenvalue weighted by Crippen LogP contribution is 2.29. The van der Waals surface area contributed by atoms with E-state index in [0.29, 0.717) is 0 Å². The van der Waals surface area contributed by atoms with E-state index in [0.717, 1.165) is 9.36 Å². The van der Waals surface area contributed by atoms with E-state index < -0.39 is 54.0 Å². The molecule has 2 heterocycles. The van der Waals surface area contributed by atoms with E-state index in [1.807, 2.05) is 0 Å². The predicted octanol–water partition coefficient (Wildman–Crippen LogP) is 3.53. The second kappa shape index (κ2) is 13.1. The van der Waals surface area contributed by atoms with Crippen LogP contribution in [-0.2, 0) is 33.0 Å². The van der Waals surface area contributed by atoms with Gasteiger partial charge in [-0.1, -0.05) is 23.2 Å². The van der Waals surface area contributed by atoms with Crippen LogP contribution in [0.1, 0.15) is 48.4 Å². The summed E-state index contributed by atoms with van der Waals surface area (Å²) < 4.78 is 31.2. The molecule has 0 saturated heterocycles. The van der Waals surface area contributed by atoms with Gasteiger partial charge in [0.25, 0.3) is 11.8 Å². The van der Waals surface area contributed by atoms with Crippen LogP contribution in [0.25, 0.3) is 0 Å². The van der Waals surface area contributed by atoms with E-state index in [9.17, 15) is 24.0 Å². The van der Waals surface area contributed by atoms with Gasteiger partial charge in [0.15, 0.2) is 12.2 Å². The molecule has 0 aliphatic heterocycles. The number of halogens is 2. The summed E-state index contributed by atoms with van der Waals surface area (Å²) in [7, 11) is 2.77. The fourth-order valence-corrected chi connectivity index (χ4v) is 3.22. The van der Waals surface area contributed by atoms with Gasteiger partial charge in [-0.25, -0.2) is 14.4 Å². The van der Waals surface area contributed by atoms with Crippen LogP contribution in [0.4, 0.5) is 14.4 Å². The van der Waals surface area contributed by atoms with E-state index in [2.05, 4.69) is 19.7 Å². The van der Waals surface area contributed by atoms with Crippen LogP contribution < -0.4 is 9.47 Å². The summed E-state index contributed by atoms with van der Waals surface area (Å²) in [6.07, 6.45) is -6.69. The molecular formula is C21H24Cl2N4O11. The lowest BCUT2D eigenvalue weighted by Gasteiger charge is -2.15. The quantitative estimate of drug-likeness (QED) is 0.227. The largest absolute Gasteiger partial charge is 0.515 e. The Morgan fingerprint density at radius 3 is 1.37 bits per heavy atom. The van der Waals surface area contributed by atoms with Crippen LogP contribution in [0.3, 0.4) is 0 Å². The molecule has 2 aromatic heterocycles. The lowest BCUT2D eigenvalue weighted by atomic mass is 10.1. The molecule has 0 amide bonds. The zero-order valence-electron chi connectivity index (χ0n) is 21.1. The highest BCUT2D eigenvalue weighted by molar-refractivity contribution is 6.34. The molecule has 0 saturated carbocycles. The van der Waals surface area contributed by atoms with E-state index in [1.165, 1.54) is 27.9 Å². The van der Waals surface area contributed by atoms with Crippen molar-refractivity contribution in [1.82, 2.24) is 19.6 Å². The zero-order chi connectivity index (χ0) is 28.7. The molecule has 208 valence electrons. The highest BCUT2D eigenvalue weighted by atomic mass is 35.5. The van der Waals surface area contributed by atoms with Crippen LogP contribution in [0, 0.1) is 0 Å². The molecule has 0 bridgehead atoms. The first-order chi connectivity index (χ1) is 17.8. The standard InChI is InChI=1S/C21H24Cl2N4O11/c1-7-33-19(30)37-17-11(15(22)26(5)24-17)13(28)9(3)35-21(32)36-10(4)14(29)12-16(23)27(6)25-18(12)38-20(31)34-8-2/h9-10H,7-8H2,1-6H3. The third kappa shape index (κ3) is 7.13. The van der Waals surface area contributed by atoms with Crippen molar-refractivity contribution in [3.8, 4) is 11.8 Å². The van der Waals surface area contributed by atoms with Crippen molar-refractivity contribution in [2.24, 2.45) is 14.1 Å². The first-order valence-electron chi connectivity index (χ1n) is 10.9. The van der Waals surface area contributed by atoms with Crippen molar-refractivity contribution in [1.29, 1.82) is 0 Å². The molecule has 0 aliphatic carbocycles. The molecule has 0 aliphatic rings. The average Bonchev–Trinajstić information content (AvgIpc) is 3.26. The number of ether oxygens (including phenoxy) is 6. The smallest absolute Gasteiger partial charge is 0.434 e. The maximum atomic E-state index is 12.9. The number of rotatable bonds is 10. The van der Waals surface area contributed by atoms with Crippen molar-refractivity contribution in [3.63, 3.8) is 0 Å². The Bertz CT molecular complexity index is 1150. The fourth-order valence-electron chi connectivity index (χ4n) is 2.80. The van der Waals surface area contributed by atoms with E-state index in [-0.39, 0.29) is 34.6 Å². The zero-order valence-corrected chi connectivity index (χ0v) is 22.6. The molecule has 17 heteroatoms. The average molecular weight is 579 g/mol. The summed E-state index contributed by atoms with van der Waals surface area (Å²) in [6, 6.07) is 0. The van der Waals surface area contributed by atoms with Gasteiger partial charge in [0.05, 0.1) is 13.2 Å². The van der Waals surface area contributed by atoms with Crippen molar-refractivity contribution in [3.05, 3.63) is 21.4 Å². The minimum atomic E-state index is -1.51. The SMILES string of the molecule is CCOC(=O)Oc1nn(C)c(Cl)c1C(=O)C(C)OC(=O)OC(C)C(=O)c1c(OC(=O)OCC)nn(C)c1Cl. The van der Waals surface area contributed by atoms with Crippen molar-refractivity contribution >= 4 is 53.2 Å². The van der Waals surface area contributed by atoms with E-state index >= 15 is 0 Å². The molecule has 0 aromatic carbocycles. The molecule has 2 unspecified atom stereocenters. The predicted molar refractivity (Wildman–Crippen MR) is 127 cm³/mol. The minimum Gasteiger partial charge on any atom is -0.434 e. The summed E-state index contributed by atoms with van der Waals surface area (Å²) in [5.41, 5.74) is -0.705. The first kappa shape index (κ1) is 30.4. The lowest BCUT2D eigenvalue weighted by molar-refractivity contribution is 0.0106. The van der Waals surface area contributed by atoms with Crippen molar-refractivity contribution < 1.29 is 52.4 Å². The van der Waals surface area contributed by atoms with Gasteiger partial charge in [0.1, 0.15) is 21.4 Å². The van der Waals surface area contributed by atoms with Gasteiger partial charge >= 0.3 is 18.5 Å². The number of Topliss-reactive ketones (excluding diaryl/α,β-unsaturated/α-hetero) is 2. The normalized spacial score (nSPS) is 12.2. The van der Waals surface area contributed by atoms with Crippen LogP contribution in [-0.4, -0.2) is 75.0 Å². The van der Waals surface area contributed by atoms with Gasteiger partial charge < -0.3 is 28.4 Å². The first-order valence-corrected chi connectivity index (χ1v) is 11.7. The summed E-state index contributed by atoms with van der Waals surface area (Å²) in [5.74, 6) is -2.71. The second-order valence-electron chi connectivity index (χ2n) is 7.26. The molecule has 2 rings (SSSR count). The Labute approximate surface area is 225 Å². The number of aryl methyl sites for hydroxylation is 2. The van der Waals surface area contributed by atoms with Crippen LogP contribution in [0.5, 0.6) is 11.8 Å². The molecule has 2 aromatic rings. The Hall–Kier alpha value is -3.85. The van der Waals surface area contributed by atoms with Gasteiger partial charge in [-0.05, 0) is 27.7 Å². The van der Waals surface area contributed by atoms with Gasteiger partial charge in [0.2, 0.25) is 11.6 Å². The number of nitrogens with zero attached hydrogens (tertiary/aromatic N) is 4. The van der Waals surface area contributed by atoms with Gasteiger partial charge in [-0.2, -0.15) is 0 Å². The van der Waals surface area contributed by atoms with Gasteiger partial charge in [0, 0.05) is 14.1 Å². The Kier molecular flexibility index (Phi) is 10.5. The summed E-state index contributed by atoms with van der Waals surface area (Å²) in [5, 5.41) is 7.25. The third-order valence-electron chi connectivity index (χ3n) is 4.55. The summed E-state index contributed by atoms with van der Waals surface area (Å²) >= 11 is 12.2. The number of carbonyl (C=O) groups is 5. The maximum Gasteiger partial charge on any atom is 0.515 e. The monoisotopic (exact) mass is 578 g/mol. The van der Waals surface area contributed by atoms with Crippen LogP contribution >= 0.6 is 23.2 Å². The van der Waals surface area contributed by atoms with Gasteiger partial charge in [-0.3, -0.25) is 19.0 Å². The molecule has 0 fully saturated rings. The lowest BCUT2D eigenvalue weighted by Crippen LogP contribution is -2.30. The van der Waals surface area contributed by atoms with Crippen LogP contribution in [0.2, 0.25) is 10.3 Å². The number of hydrogen-bond donors (Lipinski definition) is 0. The molecule has 0 radical (unpaired) electrons. The highest BCUT2D eigenvalue weighted by Gasteiger charge is 2.34. The fraction of sp³-hybridized carbons (Fsp3) is 0.476. The number of hydrogen-bond acceptors (Lipinski definition) is 13. The Morgan fingerprint density at radius 2 is 1.05 bits per heavy atom. The van der Waals surface area contributed by atoms with Gasteiger partial charge in [-0.15, -0.1) is 10.2 Å². The Morgan fingerprint density at radius 1 is 0.711 bits per heavy atom. The third-order valence-corrected chi connectivity index (χ3v) is 5.42. The topological polar surface area (TPSA) is 176 Å². The molecule has 2 atom stereocenters. The maximum absolute atomic E-state index is 12.9. The molecule has 38 heavy (non-hydrogen) atoms. The van der Waals surface area contributed by atoms with E-state index in [4.69, 9.17) is 42.1 Å². The number of ketones is 2. The number of carbonyl (C=O) groups excluding carboxylic acids is 5. The minimum absolute atomic E-state index is 0.00559.